The van der Waals surface area contributed by atoms with Crippen LogP contribution in [0.4, 0.5) is 5.82 Å². The summed E-state index contributed by atoms with van der Waals surface area (Å²) in [5, 5.41) is 5.65. The lowest BCUT2D eigenvalue weighted by Gasteiger charge is -2.09. The van der Waals surface area contributed by atoms with Crippen molar-refractivity contribution in [3.8, 4) is 0 Å². The van der Waals surface area contributed by atoms with Crippen molar-refractivity contribution in [1.29, 1.82) is 0 Å². The molecule has 0 saturated carbocycles. The molecule has 138 valence electrons. The zero-order chi connectivity index (χ0) is 19.0. The maximum absolute atomic E-state index is 12.4. The Morgan fingerprint density at radius 1 is 1.19 bits per heavy atom. The van der Waals surface area contributed by atoms with Gasteiger partial charge in [0.05, 0.1) is 16.7 Å². The zero-order valence-electron chi connectivity index (χ0n) is 15.3. The molecule has 3 heterocycles. The fourth-order valence-electron chi connectivity index (χ4n) is 2.92. The van der Waals surface area contributed by atoms with Crippen LogP contribution < -0.4 is 10.9 Å². The lowest BCUT2D eigenvalue weighted by atomic mass is 10.2. The number of para-hydroxylation sites is 1. The standard InChI is InChI=1S/C19H19N5OS2/c1-4-20-16-12-7-5-6-8-13(12)21-19(24-16)26-9-14-22-17(25)15-10(2)11(3)27-18(15)23-14/h5-8H,4,9H2,1-3H3,(H,20,21,24)(H,22,23,25). The number of aromatic nitrogens is 4. The van der Waals surface area contributed by atoms with E-state index >= 15 is 0 Å². The third kappa shape index (κ3) is 3.42. The molecule has 6 nitrogen and oxygen atoms in total. The fourth-order valence-corrected chi connectivity index (χ4v) is 4.69. The number of H-pyrrole nitrogens is 1. The molecule has 4 aromatic rings. The molecule has 2 N–H and O–H groups in total. The van der Waals surface area contributed by atoms with Crippen LogP contribution in [0.1, 0.15) is 23.2 Å². The van der Waals surface area contributed by atoms with Crippen molar-refractivity contribution < 1.29 is 0 Å². The number of aromatic amines is 1. The largest absolute Gasteiger partial charge is 0.370 e. The molecule has 0 aliphatic rings. The van der Waals surface area contributed by atoms with E-state index in [2.05, 4.69) is 25.3 Å². The van der Waals surface area contributed by atoms with Crippen LogP contribution in [0.25, 0.3) is 21.1 Å². The first-order valence-corrected chi connectivity index (χ1v) is 10.5. The van der Waals surface area contributed by atoms with Crippen LogP contribution >= 0.6 is 23.1 Å². The Bertz CT molecular complexity index is 1200. The number of fused-ring (bicyclic) bond motifs is 2. The summed E-state index contributed by atoms with van der Waals surface area (Å²) in [4.78, 5) is 31.1. The Labute approximate surface area is 164 Å². The second kappa shape index (κ2) is 7.28. The molecule has 27 heavy (non-hydrogen) atoms. The van der Waals surface area contributed by atoms with Gasteiger partial charge in [0, 0.05) is 16.8 Å². The summed E-state index contributed by atoms with van der Waals surface area (Å²) in [6.07, 6.45) is 0. The SMILES string of the molecule is CCNc1nc(SCc2nc3sc(C)c(C)c3c(=O)[nH]2)nc2ccccc12. The average Bonchev–Trinajstić information content (AvgIpc) is 2.94. The summed E-state index contributed by atoms with van der Waals surface area (Å²) < 4.78 is 0. The molecule has 0 bridgehead atoms. The lowest BCUT2D eigenvalue weighted by Crippen LogP contribution is -2.11. The third-order valence-electron chi connectivity index (χ3n) is 4.35. The van der Waals surface area contributed by atoms with Gasteiger partial charge in [-0.15, -0.1) is 11.3 Å². The normalized spacial score (nSPS) is 11.4. The highest BCUT2D eigenvalue weighted by Crippen LogP contribution is 2.28. The van der Waals surface area contributed by atoms with Gasteiger partial charge >= 0.3 is 0 Å². The molecule has 0 aliphatic heterocycles. The first-order chi connectivity index (χ1) is 13.1. The number of thiophene rings is 1. The Morgan fingerprint density at radius 3 is 2.81 bits per heavy atom. The van der Waals surface area contributed by atoms with Gasteiger partial charge in [-0.2, -0.15) is 0 Å². The van der Waals surface area contributed by atoms with E-state index in [0.717, 1.165) is 38.5 Å². The monoisotopic (exact) mass is 397 g/mol. The highest BCUT2D eigenvalue weighted by Gasteiger charge is 2.13. The predicted molar refractivity (Wildman–Crippen MR) is 113 cm³/mol. The Morgan fingerprint density at radius 2 is 2.00 bits per heavy atom. The van der Waals surface area contributed by atoms with Crippen molar-refractivity contribution in [3.63, 3.8) is 0 Å². The predicted octanol–water partition coefficient (Wildman–Crippen LogP) is 4.27. The highest BCUT2D eigenvalue weighted by atomic mass is 32.2. The molecule has 4 rings (SSSR count). The van der Waals surface area contributed by atoms with Crippen LogP contribution in [0.5, 0.6) is 0 Å². The quantitative estimate of drug-likeness (QED) is 0.386. The van der Waals surface area contributed by atoms with Crippen LogP contribution in [-0.2, 0) is 5.75 Å². The number of nitrogens with one attached hydrogen (secondary N) is 2. The topological polar surface area (TPSA) is 83.6 Å². The van der Waals surface area contributed by atoms with E-state index in [9.17, 15) is 4.79 Å². The number of hydrogen-bond acceptors (Lipinski definition) is 7. The van der Waals surface area contributed by atoms with Crippen molar-refractivity contribution in [3.05, 3.63) is 50.9 Å². The summed E-state index contributed by atoms with van der Waals surface area (Å²) in [6, 6.07) is 7.93. The van der Waals surface area contributed by atoms with Gasteiger partial charge in [0.1, 0.15) is 16.5 Å². The van der Waals surface area contributed by atoms with Crippen molar-refractivity contribution >= 4 is 50.0 Å². The van der Waals surface area contributed by atoms with Gasteiger partial charge in [0.25, 0.3) is 5.56 Å². The van der Waals surface area contributed by atoms with E-state index < -0.39 is 0 Å². The number of hydrogen-bond donors (Lipinski definition) is 2. The zero-order valence-corrected chi connectivity index (χ0v) is 16.9. The summed E-state index contributed by atoms with van der Waals surface area (Å²) in [5.74, 6) is 1.97. The fraction of sp³-hybridized carbons (Fsp3) is 0.263. The van der Waals surface area contributed by atoms with Crippen LogP contribution in [0.3, 0.4) is 0 Å². The summed E-state index contributed by atoms with van der Waals surface area (Å²) >= 11 is 3.02. The summed E-state index contributed by atoms with van der Waals surface area (Å²) in [5.41, 5.74) is 1.83. The van der Waals surface area contributed by atoms with E-state index in [4.69, 9.17) is 0 Å². The van der Waals surface area contributed by atoms with Gasteiger partial charge in [-0.1, -0.05) is 23.9 Å². The minimum atomic E-state index is -0.0785. The lowest BCUT2D eigenvalue weighted by molar-refractivity contribution is 0.981. The molecule has 0 saturated heterocycles. The molecule has 0 unspecified atom stereocenters. The van der Waals surface area contributed by atoms with E-state index in [1.165, 1.54) is 11.8 Å². The molecular formula is C19H19N5OS2. The highest BCUT2D eigenvalue weighted by molar-refractivity contribution is 7.98. The van der Waals surface area contributed by atoms with Gasteiger partial charge in [0.15, 0.2) is 5.16 Å². The third-order valence-corrected chi connectivity index (χ3v) is 6.31. The number of thioether (sulfide) groups is 1. The second-order valence-corrected chi connectivity index (χ2v) is 8.31. The van der Waals surface area contributed by atoms with E-state index in [1.807, 2.05) is 45.0 Å². The molecular weight excluding hydrogens is 378 g/mol. The summed E-state index contributed by atoms with van der Waals surface area (Å²) in [7, 11) is 0. The van der Waals surface area contributed by atoms with Gasteiger partial charge in [-0.3, -0.25) is 4.79 Å². The van der Waals surface area contributed by atoms with Crippen molar-refractivity contribution in [2.75, 3.05) is 11.9 Å². The molecule has 3 aromatic heterocycles. The van der Waals surface area contributed by atoms with Gasteiger partial charge < -0.3 is 10.3 Å². The minimum Gasteiger partial charge on any atom is -0.370 e. The van der Waals surface area contributed by atoms with Gasteiger partial charge in [-0.25, -0.2) is 15.0 Å². The Kier molecular flexibility index (Phi) is 4.84. The van der Waals surface area contributed by atoms with Crippen molar-refractivity contribution in [1.82, 2.24) is 19.9 Å². The van der Waals surface area contributed by atoms with Crippen LogP contribution in [0.2, 0.25) is 0 Å². The molecule has 0 aliphatic carbocycles. The number of nitrogens with zero attached hydrogens (tertiary/aromatic N) is 3. The number of benzene rings is 1. The van der Waals surface area contributed by atoms with E-state index in [1.54, 1.807) is 11.3 Å². The maximum atomic E-state index is 12.4. The van der Waals surface area contributed by atoms with Crippen LogP contribution in [-0.4, -0.2) is 26.5 Å². The number of aryl methyl sites for hydroxylation is 2. The molecule has 0 spiro atoms. The first kappa shape index (κ1) is 17.9. The maximum Gasteiger partial charge on any atom is 0.259 e. The first-order valence-electron chi connectivity index (χ1n) is 8.69. The van der Waals surface area contributed by atoms with Crippen LogP contribution in [0.15, 0.2) is 34.2 Å². The molecule has 0 atom stereocenters. The van der Waals surface area contributed by atoms with Gasteiger partial charge in [-0.05, 0) is 38.5 Å². The Balaban J connectivity index is 1.65. The Hall–Kier alpha value is -2.45. The second-order valence-electron chi connectivity index (χ2n) is 6.17. The molecule has 1 aromatic carbocycles. The smallest absolute Gasteiger partial charge is 0.259 e. The molecule has 8 heteroatoms. The summed E-state index contributed by atoms with van der Waals surface area (Å²) in [6.45, 7) is 6.80. The number of anilines is 1. The number of rotatable bonds is 5. The molecule has 0 radical (unpaired) electrons. The molecule has 0 amide bonds. The molecule has 0 fully saturated rings. The average molecular weight is 398 g/mol. The minimum absolute atomic E-state index is 0.0785. The van der Waals surface area contributed by atoms with Crippen molar-refractivity contribution in [2.45, 2.75) is 31.7 Å². The van der Waals surface area contributed by atoms with E-state index in [-0.39, 0.29) is 5.56 Å². The van der Waals surface area contributed by atoms with Gasteiger partial charge in [0.2, 0.25) is 0 Å². The van der Waals surface area contributed by atoms with Crippen molar-refractivity contribution in [2.24, 2.45) is 0 Å². The van der Waals surface area contributed by atoms with E-state index in [0.29, 0.717) is 22.1 Å². The van der Waals surface area contributed by atoms with Crippen LogP contribution in [0, 0.1) is 13.8 Å².